The van der Waals surface area contributed by atoms with Gasteiger partial charge < -0.3 is 14.9 Å². The van der Waals surface area contributed by atoms with Gasteiger partial charge in [0.15, 0.2) is 0 Å². The summed E-state index contributed by atoms with van der Waals surface area (Å²) in [7, 11) is 1.37. The van der Waals surface area contributed by atoms with E-state index in [4.69, 9.17) is 11.6 Å². The quantitative estimate of drug-likeness (QED) is 0.257. The summed E-state index contributed by atoms with van der Waals surface area (Å²) in [5.41, 5.74) is -4.03. The van der Waals surface area contributed by atoms with Gasteiger partial charge in [0.05, 0.1) is 35.0 Å². The van der Waals surface area contributed by atoms with Crippen LogP contribution in [0.3, 0.4) is 0 Å². The molecule has 0 saturated carbocycles. The van der Waals surface area contributed by atoms with Crippen LogP contribution in [0.1, 0.15) is 43.9 Å². The van der Waals surface area contributed by atoms with Crippen molar-refractivity contribution in [2.75, 3.05) is 36.5 Å². The van der Waals surface area contributed by atoms with Crippen molar-refractivity contribution in [1.82, 2.24) is 4.98 Å². The number of pyridine rings is 1. The van der Waals surface area contributed by atoms with Gasteiger partial charge in [0.2, 0.25) is 5.91 Å². The largest absolute Gasteiger partial charge is 0.416 e. The van der Waals surface area contributed by atoms with E-state index < -0.39 is 40.4 Å². The van der Waals surface area contributed by atoms with E-state index in [1.165, 1.54) is 27.1 Å². The zero-order valence-corrected chi connectivity index (χ0v) is 23.6. The maximum absolute atomic E-state index is 13.8. The lowest BCUT2D eigenvalue weighted by molar-refractivity contribution is -0.143. The van der Waals surface area contributed by atoms with Crippen molar-refractivity contribution in [3.05, 3.63) is 76.4 Å². The van der Waals surface area contributed by atoms with E-state index in [-0.39, 0.29) is 18.4 Å². The highest BCUT2D eigenvalue weighted by Crippen LogP contribution is 2.41. The number of hydrogen-bond donors (Lipinski definition) is 1. The summed E-state index contributed by atoms with van der Waals surface area (Å²) in [5, 5.41) is 9.87. The second-order valence-corrected chi connectivity index (χ2v) is 10.4. The number of rotatable bonds is 9. The molecular formula is C29H30ClF6N3O2. The van der Waals surface area contributed by atoms with Gasteiger partial charge in [0.25, 0.3) is 0 Å². The lowest BCUT2D eigenvalue weighted by atomic mass is 9.81. The van der Waals surface area contributed by atoms with Crippen LogP contribution in [-0.4, -0.2) is 42.7 Å². The second kappa shape index (κ2) is 12.3. The number of amides is 1. The Morgan fingerprint density at radius 1 is 0.902 bits per heavy atom. The lowest BCUT2D eigenvalue weighted by Crippen LogP contribution is -2.42. The van der Waals surface area contributed by atoms with Crippen LogP contribution in [0.4, 0.5) is 37.8 Å². The first-order valence-electron chi connectivity index (χ1n) is 12.7. The number of benzene rings is 2. The third kappa shape index (κ3) is 7.13. The number of alkyl halides is 6. The molecule has 12 heteroatoms. The lowest BCUT2D eigenvalue weighted by Gasteiger charge is -2.32. The van der Waals surface area contributed by atoms with Crippen LogP contribution >= 0.6 is 11.6 Å². The van der Waals surface area contributed by atoms with Gasteiger partial charge in [-0.05, 0) is 56.2 Å². The van der Waals surface area contributed by atoms with Crippen molar-refractivity contribution in [3.8, 4) is 11.1 Å². The number of carbonyl (C=O) groups is 1. The Morgan fingerprint density at radius 3 is 1.98 bits per heavy atom. The smallest absolute Gasteiger partial charge is 0.395 e. The van der Waals surface area contributed by atoms with Crippen LogP contribution < -0.4 is 9.80 Å². The van der Waals surface area contributed by atoms with E-state index in [2.05, 4.69) is 4.98 Å². The van der Waals surface area contributed by atoms with Crippen LogP contribution in [0.2, 0.25) is 5.02 Å². The molecule has 0 atom stereocenters. The first-order valence-corrected chi connectivity index (χ1v) is 13.1. The summed E-state index contributed by atoms with van der Waals surface area (Å²) in [6.07, 6.45) is -7.96. The van der Waals surface area contributed by atoms with E-state index in [9.17, 15) is 36.2 Å². The van der Waals surface area contributed by atoms with E-state index in [0.717, 1.165) is 11.3 Å². The molecule has 0 aliphatic carbocycles. The summed E-state index contributed by atoms with van der Waals surface area (Å²) in [4.78, 5) is 21.3. The molecule has 1 amide bonds. The van der Waals surface area contributed by atoms with Crippen LogP contribution in [0, 0.1) is 0 Å². The SMILES string of the molecule is CCCN(CCO)c1cc(-c2ccccc2Cl)c(N(C)C(=O)C(C)(C)c2cc(C(F)(F)F)cc(C(F)(F)F)c2)cn1. The summed E-state index contributed by atoms with van der Waals surface area (Å²) >= 11 is 6.48. The van der Waals surface area contributed by atoms with Crippen LogP contribution in [0.25, 0.3) is 11.1 Å². The number of nitrogens with zero attached hydrogens (tertiary/aromatic N) is 3. The standard InChI is InChI=1S/C29H30ClF6N3O2/c1-5-10-39(11-12-40)25-16-22(21-8-6-7-9-23(21)30)24(17-37-25)38(4)26(41)27(2,3)18-13-19(28(31,32)33)15-20(14-18)29(34,35)36/h6-9,13-17,40H,5,10-12H2,1-4H3. The molecule has 1 heterocycles. The Morgan fingerprint density at radius 2 is 1.46 bits per heavy atom. The summed E-state index contributed by atoms with van der Waals surface area (Å²) in [5.74, 6) is -0.277. The minimum Gasteiger partial charge on any atom is -0.395 e. The Bertz CT molecular complexity index is 1350. The van der Waals surface area contributed by atoms with Gasteiger partial charge in [-0.2, -0.15) is 26.3 Å². The van der Waals surface area contributed by atoms with Gasteiger partial charge >= 0.3 is 12.4 Å². The van der Waals surface area contributed by atoms with Gasteiger partial charge in [-0.3, -0.25) is 4.79 Å². The molecule has 3 rings (SSSR count). The van der Waals surface area contributed by atoms with Crippen molar-refractivity contribution in [2.45, 2.75) is 45.0 Å². The van der Waals surface area contributed by atoms with Crippen molar-refractivity contribution in [3.63, 3.8) is 0 Å². The van der Waals surface area contributed by atoms with Gasteiger partial charge in [-0.15, -0.1) is 0 Å². The first-order chi connectivity index (χ1) is 19.0. The zero-order valence-electron chi connectivity index (χ0n) is 22.9. The molecule has 0 fully saturated rings. The minimum absolute atomic E-state index is 0.0281. The monoisotopic (exact) mass is 601 g/mol. The van der Waals surface area contributed by atoms with Gasteiger partial charge in [-0.25, -0.2) is 4.98 Å². The number of hydrogen-bond acceptors (Lipinski definition) is 4. The molecule has 222 valence electrons. The number of aliphatic hydroxyl groups excluding tert-OH is 1. The molecular weight excluding hydrogens is 572 g/mol. The molecule has 1 aromatic heterocycles. The first kappa shape index (κ1) is 32.2. The molecule has 3 aromatic rings. The van der Waals surface area contributed by atoms with Gasteiger partial charge in [-0.1, -0.05) is 36.7 Å². The average molecular weight is 602 g/mol. The van der Waals surface area contributed by atoms with Gasteiger partial charge in [0, 0.05) is 36.3 Å². The minimum atomic E-state index is -5.06. The van der Waals surface area contributed by atoms with Crippen LogP contribution in [0.15, 0.2) is 54.7 Å². The Kier molecular flexibility index (Phi) is 9.65. The number of aliphatic hydroxyl groups is 1. The summed E-state index contributed by atoms with van der Waals surface area (Å²) < 4.78 is 81.2. The summed E-state index contributed by atoms with van der Waals surface area (Å²) in [6.45, 7) is 5.23. The molecule has 0 aliphatic heterocycles. The van der Waals surface area contributed by atoms with Crippen molar-refractivity contribution in [2.24, 2.45) is 0 Å². The van der Waals surface area contributed by atoms with E-state index in [1.54, 1.807) is 30.3 Å². The average Bonchev–Trinajstić information content (AvgIpc) is 2.91. The topological polar surface area (TPSA) is 56.7 Å². The third-order valence-corrected chi connectivity index (χ3v) is 7.06. The highest BCUT2D eigenvalue weighted by atomic mass is 35.5. The second-order valence-electron chi connectivity index (χ2n) is 10.0. The van der Waals surface area contributed by atoms with Crippen molar-refractivity contribution < 1.29 is 36.2 Å². The predicted molar refractivity (Wildman–Crippen MR) is 147 cm³/mol. The van der Waals surface area contributed by atoms with Crippen molar-refractivity contribution >= 4 is 29.0 Å². The fraction of sp³-hybridized carbons (Fsp3) is 0.379. The van der Waals surface area contributed by atoms with E-state index in [0.29, 0.717) is 47.2 Å². The van der Waals surface area contributed by atoms with Crippen LogP contribution in [-0.2, 0) is 22.6 Å². The molecule has 0 bridgehead atoms. The molecule has 0 aliphatic rings. The maximum Gasteiger partial charge on any atom is 0.416 e. The molecule has 1 N–H and O–H groups in total. The predicted octanol–water partition coefficient (Wildman–Crippen LogP) is 7.59. The Balaban J connectivity index is 2.17. The molecule has 0 unspecified atom stereocenters. The third-order valence-electron chi connectivity index (χ3n) is 6.73. The number of carbonyl (C=O) groups excluding carboxylic acids is 1. The molecule has 41 heavy (non-hydrogen) atoms. The Hall–Kier alpha value is -3.31. The molecule has 0 spiro atoms. The van der Waals surface area contributed by atoms with Crippen molar-refractivity contribution in [1.29, 1.82) is 0 Å². The number of halogens is 7. The van der Waals surface area contributed by atoms with Gasteiger partial charge in [0.1, 0.15) is 5.82 Å². The molecule has 2 aromatic carbocycles. The number of likely N-dealkylation sites (N-methyl/N-ethyl adjacent to an activating group) is 1. The maximum atomic E-state index is 13.8. The fourth-order valence-electron chi connectivity index (χ4n) is 4.47. The molecule has 0 saturated heterocycles. The molecule has 5 nitrogen and oxygen atoms in total. The summed E-state index contributed by atoms with van der Waals surface area (Å²) in [6, 6.07) is 9.65. The molecule has 0 radical (unpaired) electrons. The van der Waals surface area contributed by atoms with E-state index in [1.807, 2.05) is 11.8 Å². The zero-order chi connectivity index (χ0) is 30.8. The highest BCUT2D eigenvalue weighted by molar-refractivity contribution is 6.33. The van der Waals surface area contributed by atoms with Crippen LogP contribution in [0.5, 0.6) is 0 Å². The van der Waals surface area contributed by atoms with E-state index >= 15 is 0 Å². The number of anilines is 2. The Labute approximate surface area is 239 Å². The number of aromatic nitrogens is 1. The highest BCUT2D eigenvalue weighted by Gasteiger charge is 2.41. The fourth-order valence-corrected chi connectivity index (χ4v) is 4.71. The normalized spacial score (nSPS) is 12.4.